The minimum Gasteiger partial charge on any atom is -0.377 e. The van der Waals surface area contributed by atoms with E-state index in [1.807, 2.05) is 0 Å². The lowest BCUT2D eigenvalue weighted by molar-refractivity contribution is 0.0344. The van der Waals surface area contributed by atoms with Crippen molar-refractivity contribution in [3.05, 3.63) is 0 Å². The van der Waals surface area contributed by atoms with E-state index < -0.39 is 0 Å². The molecular formula is C10H23NO. The fourth-order valence-electron chi connectivity index (χ4n) is 1.26. The van der Waals surface area contributed by atoms with E-state index in [1.165, 1.54) is 12.8 Å². The topological polar surface area (TPSA) is 12.5 Å². The normalized spacial score (nSPS) is 13.8. The Morgan fingerprint density at radius 2 is 1.92 bits per heavy atom. The summed E-state index contributed by atoms with van der Waals surface area (Å²) in [6.07, 6.45) is 2.82. The lowest BCUT2D eigenvalue weighted by Gasteiger charge is -2.22. The summed E-state index contributed by atoms with van der Waals surface area (Å²) < 4.78 is 5.61. The molecule has 0 fully saturated rings. The number of ether oxygens (including phenoxy) is 1. The van der Waals surface area contributed by atoms with Gasteiger partial charge < -0.3 is 9.64 Å². The fraction of sp³-hybridized carbons (Fsp3) is 1.00. The summed E-state index contributed by atoms with van der Waals surface area (Å²) in [7, 11) is 2.14. The van der Waals surface area contributed by atoms with Gasteiger partial charge in [-0.25, -0.2) is 0 Å². The van der Waals surface area contributed by atoms with Crippen molar-refractivity contribution >= 4 is 0 Å². The fourth-order valence-corrected chi connectivity index (χ4v) is 1.26. The van der Waals surface area contributed by atoms with Gasteiger partial charge in [0.2, 0.25) is 0 Å². The molecule has 1 unspecified atom stereocenters. The van der Waals surface area contributed by atoms with E-state index in [0.29, 0.717) is 6.10 Å². The van der Waals surface area contributed by atoms with Crippen LogP contribution < -0.4 is 0 Å². The molecule has 0 rings (SSSR count). The Hall–Kier alpha value is -0.0800. The Balaban J connectivity index is 3.61. The van der Waals surface area contributed by atoms with E-state index in [0.717, 1.165) is 19.7 Å². The largest absolute Gasteiger partial charge is 0.377 e. The van der Waals surface area contributed by atoms with Crippen LogP contribution in [0.25, 0.3) is 0 Å². The zero-order chi connectivity index (χ0) is 9.40. The Morgan fingerprint density at radius 3 is 2.33 bits per heavy atom. The molecule has 74 valence electrons. The van der Waals surface area contributed by atoms with Crippen LogP contribution >= 0.6 is 0 Å². The van der Waals surface area contributed by atoms with Crippen molar-refractivity contribution in [1.29, 1.82) is 0 Å². The van der Waals surface area contributed by atoms with Gasteiger partial charge in [0.25, 0.3) is 0 Å². The molecule has 0 aliphatic carbocycles. The predicted molar refractivity (Wildman–Crippen MR) is 53.5 cm³/mol. The zero-order valence-electron chi connectivity index (χ0n) is 8.97. The first-order valence-electron chi connectivity index (χ1n) is 5.04. The third-order valence-electron chi connectivity index (χ3n) is 2.07. The van der Waals surface area contributed by atoms with Crippen LogP contribution in [0, 0.1) is 0 Å². The van der Waals surface area contributed by atoms with Crippen LogP contribution in [0.2, 0.25) is 0 Å². The molecule has 0 bridgehead atoms. The van der Waals surface area contributed by atoms with Gasteiger partial charge in [0.15, 0.2) is 0 Å². The summed E-state index contributed by atoms with van der Waals surface area (Å²) >= 11 is 0. The predicted octanol–water partition coefficient (Wildman–Crippen LogP) is 2.14. The van der Waals surface area contributed by atoms with Crippen molar-refractivity contribution in [2.45, 2.75) is 39.7 Å². The second-order valence-electron chi connectivity index (χ2n) is 3.22. The summed E-state index contributed by atoms with van der Waals surface area (Å²) in [6, 6.07) is 0. The van der Waals surface area contributed by atoms with Gasteiger partial charge >= 0.3 is 0 Å². The molecule has 12 heavy (non-hydrogen) atoms. The lowest BCUT2D eigenvalue weighted by atomic mass is 10.2. The van der Waals surface area contributed by atoms with Crippen molar-refractivity contribution in [2.75, 3.05) is 26.7 Å². The van der Waals surface area contributed by atoms with Crippen LogP contribution in [0.1, 0.15) is 33.6 Å². The Labute approximate surface area is 76.9 Å². The highest BCUT2D eigenvalue weighted by Gasteiger charge is 2.08. The summed E-state index contributed by atoms with van der Waals surface area (Å²) in [5.41, 5.74) is 0. The molecule has 0 saturated carbocycles. The molecular weight excluding hydrogens is 150 g/mol. The van der Waals surface area contributed by atoms with Crippen molar-refractivity contribution in [3.63, 3.8) is 0 Å². The highest BCUT2D eigenvalue weighted by atomic mass is 16.5. The van der Waals surface area contributed by atoms with Crippen LogP contribution in [0.15, 0.2) is 0 Å². The quantitative estimate of drug-likeness (QED) is 0.585. The van der Waals surface area contributed by atoms with E-state index in [9.17, 15) is 0 Å². The average Bonchev–Trinajstić information content (AvgIpc) is 2.05. The van der Waals surface area contributed by atoms with E-state index >= 15 is 0 Å². The smallest absolute Gasteiger partial charge is 0.0701 e. The number of rotatable bonds is 7. The molecule has 0 heterocycles. The first-order valence-corrected chi connectivity index (χ1v) is 5.04. The minimum absolute atomic E-state index is 0.435. The molecule has 2 heteroatoms. The van der Waals surface area contributed by atoms with E-state index in [-0.39, 0.29) is 0 Å². The lowest BCUT2D eigenvalue weighted by Crippen LogP contribution is -2.30. The molecule has 0 radical (unpaired) electrons. The van der Waals surface area contributed by atoms with Crippen LogP contribution in [0.4, 0.5) is 0 Å². The van der Waals surface area contributed by atoms with E-state index in [1.54, 1.807) is 0 Å². The van der Waals surface area contributed by atoms with Crippen LogP contribution in [-0.4, -0.2) is 37.7 Å². The summed E-state index contributed by atoms with van der Waals surface area (Å²) in [4.78, 5) is 2.30. The first-order chi connectivity index (χ1) is 5.74. The highest BCUT2D eigenvalue weighted by Crippen LogP contribution is 2.03. The van der Waals surface area contributed by atoms with Gasteiger partial charge in [-0.05, 0) is 26.9 Å². The first kappa shape index (κ1) is 11.9. The van der Waals surface area contributed by atoms with Gasteiger partial charge in [-0.15, -0.1) is 0 Å². The zero-order valence-corrected chi connectivity index (χ0v) is 8.97. The monoisotopic (exact) mass is 173 g/mol. The standard InChI is InChI=1S/C10H23NO/c1-5-8-10(12-7-3)9-11(4)6-2/h10H,5-9H2,1-4H3. The Kier molecular flexibility index (Phi) is 7.51. The van der Waals surface area contributed by atoms with E-state index in [4.69, 9.17) is 4.74 Å². The van der Waals surface area contributed by atoms with Crippen LogP contribution in [0.5, 0.6) is 0 Å². The molecule has 0 aliphatic rings. The molecule has 0 aliphatic heterocycles. The molecule has 0 aromatic carbocycles. The molecule has 2 nitrogen and oxygen atoms in total. The van der Waals surface area contributed by atoms with Crippen LogP contribution in [0.3, 0.4) is 0 Å². The number of hydrogen-bond donors (Lipinski definition) is 0. The molecule has 0 aromatic heterocycles. The Morgan fingerprint density at radius 1 is 1.25 bits per heavy atom. The summed E-state index contributed by atoms with van der Waals surface area (Å²) in [5.74, 6) is 0. The van der Waals surface area contributed by atoms with Gasteiger partial charge in [0, 0.05) is 13.2 Å². The van der Waals surface area contributed by atoms with Crippen molar-refractivity contribution < 1.29 is 4.74 Å². The molecule has 0 saturated heterocycles. The molecule has 0 amide bonds. The number of likely N-dealkylation sites (N-methyl/N-ethyl adjacent to an activating group) is 1. The minimum atomic E-state index is 0.435. The second-order valence-corrected chi connectivity index (χ2v) is 3.22. The third kappa shape index (κ3) is 5.56. The van der Waals surface area contributed by atoms with Gasteiger partial charge in [-0.2, -0.15) is 0 Å². The van der Waals surface area contributed by atoms with Gasteiger partial charge in [-0.3, -0.25) is 0 Å². The van der Waals surface area contributed by atoms with Crippen molar-refractivity contribution in [1.82, 2.24) is 4.90 Å². The molecule has 0 aromatic rings. The number of hydrogen-bond acceptors (Lipinski definition) is 2. The van der Waals surface area contributed by atoms with Crippen LogP contribution in [-0.2, 0) is 4.74 Å². The molecule has 0 spiro atoms. The summed E-state index contributed by atoms with van der Waals surface area (Å²) in [6.45, 7) is 9.45. The summed E-state index contributed by atoms with van der Waals surface area (Å²) in [5, 5.41) is 0. The second kappa shape index (κ2) is 7.56. The third-order valence-corrected chi connectivity index (χ3v) is 2.07. The van der Waals surface area contributed by atoms with Gasteiger partial charge in [-0.1, -0.05) is 20.3 Å². The van der Waals surface area contributed by atoms with Gasteiger partial charge in [0.05, 0.1) is 6.10 Å². The molecule has 0 N–H and O–H groups in total. The Bertz CT molecular complexity index is 89.8. The number of nitrogens with zero attached hydrogens (tertiary/aromatic N) is 1. The van der Waals surface area contributed by atoms with Crippen molar-refractivity contribution in [2.24, 2.45) is 0 Å². The van der Waals surface area contributed by atoms with E-state index in [2.05, 4.69) is 32.7 Å². The SMILES string of the molecule is CCCC(CN(C)CC)OCC. The maximum Gasteiger partial charge on any atom is 0.0701 e. The molecule has 1 atom stereocenters. The van der Waals surface area contributed by atoms with Crippen molar-refractivity contribution in [3.8, 4) is 0 Å². The maximum absolute atomic E-state index is 5.61. The maximum atomic E-state index is 5.61. The average molecular weight is 173 g/mol. The highest BCUT2D eigenvalue weighted by molar-refractivity contribution is 4.61. The van der Waals surface area contributed by atoms with Gasteiger partial charge in [0.1, 0.15) is 0 Å².